The van der Waals surface area contributed by atoms with E-state index in [1.54, 1.807) is 7.11 Å². The molecule has 0 spiro atoms. The zero-order valence-electron chi connectivity index (χ0n) is 13.7. The van der Waals surface area contributed by atoms with Crippen LogP contribution in [-0.2, 0) is 17.6 Å². The molecule has 0 fully saturated rings. The number of fused-ring (bicyclic) bond motifs is 1. The summed E-state index contributed by atoms with van der Waals surface area (Å²) >= 11 is 0. The highest BCUT2D eigenvalue weighted by Gasteiger charge is 2.22. The van der Waals surface area contributed by atoms with Crippen molar-refractivity contribution in [3.8, 4) is 17.2 Å². The molecule has 0 bridgehead atoms. The number of benzene rings is 2. The number of carbonyl (C=O) groups is 1. The molecule has 1 atom stereocenters. The van der Waals surface area contributed by atoms with Gasteiger partial charge in [0.05, 0.1) is 13.7 Å². The molecule has 0 aliphatic carbocycles. The Kier molecular flexibility index (Phi) is 4.89. The van der Waals surface area contributed by atoms with Crippen molar-refractivity contribution in [3.63, 3.8) is 0 Å². The Bertz CT molecular complexity index is 729. The Morgan fingerprint density at radius 1 is 1.29 bits per heavy atom. The molecule has 126 valence electrons. The molecule has 2 N–H and O–H groups in total. The van der Waals surface area contributed by atoms with Gasteiger partial charge in [-0.3, -0.25) is 4.79 Å². The monoisotopic (exact) mass is 327 g/mol. The van der Waals surface area contributed by atoms with Gasteiger partial charge in [-0.25, -0.2) is 0 Å². The average molecular weight is 327 g/mol. The predicted octanol–water partition coefficient (Wildman–Crippen LogP) is 2.35. The van der Waals surface area contributed by atoms with Gasteiger partial charge in [0.15, 0.2) is 18.1 Å². The number of hydrogen-bond acceptors (Lipinski definition) is 4. The first-order chi connectivity index (χ1) is 11.7. The molecule has 1 amide bonds. The van der Waals surface area contributed by atoms with Gasteiger partial charge in [-0.15, -0.1) is 0 Å². The van der Waals surface area contributed by atoms with Crippen molar-refractivity contribution in [1.82, 2.24) is 0 Å². The van der Waals surface area contributed by atoms with Crippen LogP contribution in [0.25, 0.3) is 0 Å². The Labute approximate surface area is 141 Å². The van der Waals surface area contributed by atoms with Crippen molar-refractivity contribution in [2.24, 2.45) is 11.7 Å². The number of methoxy groups -OCH3 is 1. The van der Waals surface area contributed by atoms with Gasteiger partial charge in [0.1, 0.15) is 5.75 Å². The second-order valence-corrected chi connectivity index (χ2v) is 5.94. The quantitative estimate of drug-likeness (QED) is 0.884. The van der Waals surface area contributed by atoms with Crippen LogP contribution in [0.3, 0.4) is 0 Å². The van der Waals surface area contributed by atoms with Gasteiger partial charge in [-0.05, 0) is 42.2 Å². The standard InChI is InChI=1S/C19H21NO4/c1-22-17-7-3-5-15-9-14(11-24-19(15)17)8-13-4-2-6-16(10-13)23-12-18(20)21/h2-7,10,14H,8-9,11-12H2,1H3,(H2,20,21)/t14-/m0/s1. The van der Waals surface area contributed by atoms with Crippen molar-refractivity contribution in [2.75, 3.05) is 20.3 Å². The number of primary amides is 1. The largest absolute Gasteiger partial charge is 0.493 e. The van der Waals surface area contributed by atoms with E-state index < -0.39 is 5.91 Å². The molecule has 2 aromatic carbocycles. The molecule has 2 aromatic rings. The third-order valence-corrected chi connectivity index (χ3v) is 4.06. The molecule has 5 heteroatoms. The van der Waals surface area contributed by atoms with Crippen molar-refractivity contribution in [3.05, 3.63) is 53.6 Å². The first-order valence-electron chi connectivity index (χ1n) is 7.94. The molecular formula is C19H21NO4. The summed E-state index contributed by atoms with van der Waals surface area (Å²) in [5, 5.41) is 0. The fraction of sp³-hybridized carbons (Fsp3) is 0.316. The first-order valence-corrected chi connectivity index (χ1v) is 7.94. The van der Waals surface area contributed by atoms with E-state index >= 15 is 0 Å². The molecular weight excluding hydrogens is 306 g/mol. The summed E-state index contributed by atoms with van der Waals surface area (Å²) in [6, 6.07) is 13.7. The van der Waals surface area contributed by atoms with Gasteiger partial charge in [0, 0.05) is 5.92 Å². The van der Waals surface area contributed by atoms with E-state index in [2.05, 4.69) is 12.1 Å². The van der Waals surface area contributed by atoms with Crippen molar-refractivity contribution in [1.29, 1.82) is 0 Å². The van der Waals surface area contributed by atoms with Crippen molar-refractivity contribution in [2.45, 2.75) is 12.8 Å². The lowest BCUT2D eigenvalue weighted by molar-refractivity contribution is -0.119. The highest BCUT2D eigenvalue weighted by Crippen LogP contribution is 2.36. The normalized spacial score (nSPS) is 16.0. The second kappa shape index (κ2) is 7.25. The van der Waals surface area contributed by atoms with E-state index in [4.69, 9.17) is 19.9 Å². The fourth-order valence-electron chi connectivity index (χ4n) is 3.00. The van der Waals surface area contributed by atoms with Gasteiger partial charge in [-0.2, -0.15) is 0 Å². The minimum absolute atomic E-state index is 0.108. The van der Waals surface area contributed by atoms with E-state index in [-0.39, 0.29) is 6.61 Å². The Morgan fingerprint density at radius 2 is 2.12 bits per heavy atom. The van der Waals surface area contributed by atoms with Crippen LogP contribution in [0.5, 0.6) is 17.2 Å². The number of nitrogens with two attached hydrogens (primary N) is 1. The van der Waals surface area contributed by atoms with E-state index in [0.717, 1.165) is 29.9 Å². The number of rotatable bonds is 6. The third-order valence-electron chi connectivity index (χ3n) is 4.06. The number of ether oxygens (including phenoxy) is 3. The smallest absolute Gasteiger partial charge is 0.255 e. The highest BCUT2D eigenvalue weighted by atomic mass is 16.5. The molecule has 24 heavy (non-hydrogen) atoms. The summed E-state index contributed by atoms with van der Waals surface area (Å²) in [5.74, 6) is 2.20. The SMILES string of the molecule is COc1cccc2c1OC[C@@H](Cc1cccc(OCC(N)=O)c1)C2. The number of para-hydroxylation sites is 1. The lowest BCUT2D eigenvalue weighted by Crippen LogP contribution is -2.23. The third kappa shape index (κ3) is 3.79. The van der Waals surface area contributed by atoms with Crippen molar-refractivity contribution < 1.29 is 19.0 Å². The van der Waals surface area contributed by atoms with Crippen LogP contribution in [0.1, 0.15) is 11.1 Å². The summed E-state index contributed by atoms with van der Waals surface area (Å²) < 4.78 is 16.6. The summed E-state index contributed by atoms with van der Waals surface area (Å²) in [7, 11) is 1.66. The summed E-state index contributed by atoms with van der Waals surface area (Å²) in [5.41, 5.74) is 7.43. The predicted molar refractivity (Wildman–Crippen MR) is 90.5 cm³/mol. The first kappa shape index (κ1) is 16.2. The summed E-state index contributed by atoms with van der Waals surface area (Å²) in [6.07, 6.45) is 1.82. The van der Waals surface area contributed by atoms with Crippen LogP contribution in [0.2, 0.25) is 0 Å². The maximum absolute atomic E-state index is 10.8. The number of amides is 1. The van der Waals surface area contributed by atoms with Crippen molar-refractivity contribution >= 4 is 5.91 Å². The van der Waals surface area contributed by atoms with Crippen LogP contribution in [0, 0.1) is 5.92 Å². The van der Waals surface area contributed by atoms with Crippen LogP contribution in [-0.4, -0.2) is 26.2 Å². The lowest BCUT2D eigenvalue weighted by Gasteiger charge is -2.26. The van der Waals surface area contributed by atoms with Gasteiger partial charge < -0.3 is 19.9 Å². The number of hydrogen-bond donors (Lipinski definition) is 1. The van der Waals surface area contributed by atoms with Crippen LogP contribution < -0.4 is 19.9 Å². The zero-order chi connectivity index (χ0) is 16.9. The van der Waals surface area contributed by atoms with E-state index in [1.165, 1.54) is 5.56 Å². The van der Waals surface area contributed by atoms with Gasteiger partial charge in [0.25, 0.3) is 5.91 Å². The molecule has 1 heterocycles. The van der Waals surface area contributed by atoms with Crippen LogP contribution in [0.4, 0.5) is 0 Å². The maximum atomic E-state index is 10.8. The molecule has 3 rings (SSSR count). The fourth-order valence-corrected chi connectivity index (χ4v) is 3.00. The second-order valence-electron chi connectivity index (χ2n) is 5.94. The topological polar surface area (TPSA) is 70.8 Å². The Hall–Kier alpha value is -2.69. The Balaban J connectivity index is 1.67. The lowest BCUT2D eigenvalue weighted by atomic mass is 9.91. The summed E-state index contributed by atoms with van der Waals surface area (Å²) in [4.78, 5) is 10.8. The molecule has 0 saturated carbocycles. The summed E-state index contributed by atoms with van der Waals surface area (Å²) in [6.45, 7) is 0.545. The molecule has 5 nitrogen and oxygen atoms in total. The average Bonchev–Trinajstić information content (AvgIpc) is 2.59. The molecule has 0 aromatic heterocycles. The maximum Gasteiger partial charge on any atom is 0.255 e. The molecule has 0 unspecified atom stereocenters. The minimum atomic E-state index is -0.480. The molecule has 0 saturated heterocycles. The van der Waals surface area contributed by atoms with Gasteiger partial charge >= 0.3 is 0 Å². The van der Waals surface area contributed by atoms with Gasteiger partial charge in [0.2, 0.25) is 0 Å². The molecule has 1 aliphatic rings. The highest BCUT2D eigenvalue weighted by molar-refractivity contribution is 5.75. The Morgan fingerprint density at radius 3 is 2.92 bits per heavy atom. The minimum Gasteiger partial charge on any atom is -0.493 e. The van der Waals surface area contributed by atoms with Crippen LogP contribution in [0.15, 0.2) is 42.5 Å². The molecule has 0 radical (unpaired) electrons. The van der Waals surface area contributed by atoms with E-state index in [1.807, 2.05) is 30.3 Å². The number of carbonyl (C=O) groups excluding carboxylic acids is 1. The van der Waals surface area contributed by atoms with Gasteiger partial charge in [-0.1, -0.05) is 24.3 Å². The zero-order valence-corrected chi connectivity index (χ0v) is 13.7. The van der Waals surface area contributed by atoms with Crippen LogP contribution >= 0.6 is 0 Å². The molecule has 1 aliphatic heterocycles. The van der Waals surface area contributed by atoms with E-state index in [9.17, 15) is 4.79 Å². The van der Waals surface area contributed by atoms with E-state index in [0.29, 0.717) is 18.3 Å².